The molecule has 1 atom stereocenters. The van der Waals surface area contributed by atoms with E-state index in [1.54, 1.807) is 19.2 Å². The van der Waals surface area contributed by atoms with Gasteiger partial charge in [0, 0.05) is 7.11 Å². The number of halogens is 1. The van der Waals surface area contributed by atoms with E-state index in [1.165, 1.54) is 13.2 Å². The van der Waals surface area contributed by atoms with E-state index in [1.807, 2.05) is 13.8 Å². The Morgan fingerprint density at radius 1 is 1.35 bits per heavy atom. The fourth-order valence-corrected chi connectivity index (χ4v) is 1.68. The number of hydrazine groups is 1. The number of ether oxygens (including phenoxy) is 2. The van der Waals surface area contributed by atoms with E-state index in [2.05, 4.69) is 5.43 Å². The molecule has 4 nitrogen and oxygen atoms in total. The van der Waals surface area contributed by atoms with Crippen molar-refractivity contribution < 1.29 is 13.9 Å². The van der Waals surface area contributed by atoms with Gasteiger partial charge in [0.15, 0.2) is 11.6 Å². The molecule has 0 aliphatic rings. The highest BCUT2D eigenvalue weighted by molar-refractivity contribution is 5.32. The minimum Gasteiger partial charge on any atom is -0.494 e. The third kappa shape index (κ3) is 2.94. The van der Waals surface area contributed by atoms with Crippen molar-refractivity contribution in [2.45, 2.75) is 25.5 Å². The Balaban J connectivity index is 3.09. The van der Waals surface area contributed by atoms with E-state index >= 15 is 0 Å². The number of nitrogens with one attached hydrogen (secondary N) is 1. The smallest absolute Gasteiger partial charge is 0.165 e. The van der Waals surface area contributed by atoms with E-state index in [9.17, 15) is 4.39 Å². The van der Waals surface area contributed by atoms with Gasteiger partial charge >= 0.3 is 0 Å². The predicted molar refractivity (Wildman–Crippen MR) is 64.1 cm³/mol. The van der Waals surface area contributed by atoms with E-state index in [0.29, 0.717) is 5.56 Å². The van der Waals surface area contributed by atoms with Crippen LogP contribution in [0, 0.1) is 5.82 Å². The van der Waals surface area contributed by atoms with Gasteiger partial charge in [0.1, 0.15) is 0 Å². The highest BCUT2D eigenvalue weighted by Crippen LogP contribution is 2.30. The van der Waals surface area contributed by atoms with Crippen LogP contribution >= 0.6 is 0 Å². The van der Waals surface area contributed by atoms with Crippen LogP contribution in [-0.4, -0.2) is 19.8 Å². The second-order valence-corrected chi connectivity index (χ2v) is 4.30. The monoisotopic (exact) mass is 242 g/mol. The molecule has 0 heterocycles. The predicted octanol–water partition coefficient (Wildman–Crippen LogP) is 1.76. The summed E-state index contributed by atoms with van der Waals surface area (Å²) in [5.74, 6) is 5.29. The molecule has 5 heteroatoms. The maximum atomic E-state index is 13.6. The van der Waals surface area contributed by atoms with Crippen LogP contribution < -0.4 is 16.0 Å². The first-order valence-corrected chi connectivity index (χ1v) is 5.31. The number of benzene rings is 1. The summed E-state index contributed by atoms with van der Waals surface area (Å²) in [7, 11) is 3.01. The molecule has 0 aromatic heterocycles. The summed E-state index contributed by atoms with van der Waals surface area (Å²) < 4.78 is 23.8. The summed E-state index contributed by atoms with van der Waals surface area (Å²) in [5, 5.41) is 0. The first-order valence-electron chi connectivity index (χ1n) is 5.31. The lowest BCUT2D eigenvalue weighted by atomic mass is 9.92. The second-order valence-electron chi connectivity index (χ2n) is 4.30. The number of nitrogens with two attached hydrogens (primary N) is 1. The van der Waals surface area contributed by atoms with Crippen LogP contribution in [-0.2, 0) is 4.74 Å². The normalized spacial score (nSPS) is 13.5. The first kappa shape index (κ1) is 13.9. The Morgan fingerprint density at radius 2 is 2.00 bits per heavy atom. The molecule has 1 unspecified atom stereocenters. The molecule has 0 amide bonds. The van der Waals surface area contributed by atoms with Crippen molar-refractivity contribution in [2.24, 2.45) is 5.84 Å². The van der Waals surface area contributed by atoms with Crippen LogP contribution in [0.1, 0.15) is 25.5 Å². The zero-order valence-corrected chi connectivity index (χ0v) is 10.6. The molecular formula is C12H19FN2O2. The standard InChI is InChI=1S/C12H19FN2O2/c1-12(2,17-4)11(15-14)8-5-6-10(16-3)9(13)7-8/h5-7,11,15H,14H2,1-4H3. The van der Waals surface area contributed by atoms with Gasteiger partial charge in [-0.3, -0.25) is 11.3 Å². The lowest BCUT2D eigenvalue weighted by Gasteiger charge is -2.32. The fraction of sp³-hybridized carbons (Fsp3) is 0.500. The maximum absolute atomic E-state index is 13.6. The zero-order valence-electron chi connectivity index (χ0n) is 10.6. The van der Waals surface area contributed by atoms with Crippen LogP contribution in [0.15, 0.2) is 18.2 Å². The molecule has 3 N–H and O–H groups in total. The average molecular weight is 242 g/mol. The van der Waals surface area contributed by atoms with Crippen LogP contribution in [0.2, 0.25) is 0 Å². The molecule has 0 fully saturated rings. The van der Waals surface area contributed by atoms with Gasteiger partial charge < -0.3 is 9.47 Å². The topological polar surface area (TPSA) is 56.5 Å². The largest absolute Gasteiger partial charge is 0.494 e. The highest BCUT2D eigenvalue weighted by Gasteiger charge is 2.30. The molecule has 0 saturated heterocycles. The van der Waals surface area contributed by atoms with Crippen molar-refractivity contribution in [1.29, 1.82) is 0 Å². The van der Waals surface area contributed by atoms with Gasteiger partial charge in [-0.2, -0.15) is 0 Å². The van der Waals surface area contributed by atoms with Gasteiger partial charge in [-0.05, 0) is 31.5 Å². The van der Waals surface area contributed by atoms with Crippen LogP contribution in [0.25, 0.3) is 0 Å². The van der Waals surface area contributed by atoms with E-state index in [0.717, 1.165) is 0 Å². The van der Waals surface area contributed by atoms with Gasteiger partial charge in [0.2, 0.25) is 0 Å². The fourth-order valence-electron chi connectivity index (χ4n) is 1.68. The lowest BCUT2D eigenvalue weighted by molar-refractivity contribution is -0.0112. The molecule has 0 spiro atoms. The van der Waals surface area contributed by atoms with Crippen molar-refractivity contribution in [3.63, 3.8) is 0 Å². The Hall–Kier alpha value is -1.17. The van der Waals surface area contributed by atoms with Gasteiger partial charge in [0.25, 0.3) is 0 Å². The minimum atomic E-state index is -0.546. The molecular weight excluding hydrogens is 223 g/mol. The average Bonchev–Trinajstić information content (AvgIpc) is 2.30. The molecule has 1 aromatic carbocycles. The van der Waals surface area contributed by atoms with Crippen molar-refractivity contribution in [1.82, 2.24) is 5.43 Å². The summed E-state index contributed by atoms with van der Waals surface area (Å²) in [6, 6.07) is 4.41. The second kappa shape index (κ2) is 5.44. The van der Waals surface area contributed by atoms with E-state index < -0.39 is 11.4 Å². The van der Waals surface area contributed by atoms with Crippen molar-refractivity contribution >= 4 is 0 Å². The summed E-state index contributed by atoms with van der Waals surface area (Å²) in [6.07, 6.45) is 0. The Morgan fingerprint density at radius 3 is 2.41 bits per heavy atom. The Kier molecular flexibility index (Phi) is 4.45. The summed E-state index contributed by atoms with van der Waals surface area (Å²) >= 11 is 0. The van der Waals surface area contributed by atoms with Gasteiger partial charge in [-0.1, -0.05) is 6.07 Å². The molecule has 0 radical (unpaired) electrons. The third-order valence-corrected chi connectivity index (χ3v) is 2.90. The van der Waals surface area contributed by atoms with Crippen molar-refractivity contribution in [3.05, 3.63) is 29.6 Å². The van der Waals surface area contributed by atoms with Gasteiger partial charge in [-0.15, -0.1) is 0 Å². The van der Waals surface area contributed by atoms with Crippen molar-refractivity contribution in [3.8, 4) is 5.75 Å². The summed E-state index contributed by atoms with van der Waals surface area (Å²) in [4.78, 5) is 0. The molecule has 1 rings (SSSR count). The first-order chi connectivity index (χ1) is 7.96. The number of rotatable bonds is 5. The minimum absolute atomic E-state index is 0.208. The summed E-state index contributed by atoms with van der Waals surface area (Å²) in [6.45, 7) is 3.75. The maximum Gasteiger partial charge on any atom is 0.165 e. The molecule has 0 aliphatic carbocycles. The molecule has 0 saturated carbocycles. The van der Waals surface area contributed by atoms with Crippen LogP contribution in [0.3, 0.4) is 0 Å². The van der Waals surface area contributed by atoms with Crippen molar-refractivity contribution in [2.75, 3.05) is 14.2 Å². The van der Waals surface area contributed by atoms with E-state index in [-0.39, 0.29) is 11.8 Å². The highest BCUT2D eigenvalue weighted by atomic mass is 19.1. The lowest BCUT2D eigenvalue weighted by Crippen LogP contribution is -2.44. The zero-order chi connectivity index (χ0) is 13.1. The van der Waals surface area contributed by atoms with Gasteiger partial charge in [0.05, 0.1) is 18.8 Å². The molecule has 96 valence electrons. The SMILES string of the molecule is COc1ccc(C(NN)C(C)(C)OC)cc1F. The molecule has 0 bridgehead atoms. The molecule has 0 aliphatic heterocycles. The third-order valence-electron chi connectivity index (χ3n) is 2.90. The number of methoxy groups -OCH3 is 2. The Bertz CT molecular complexity index is 383. The van der Waals surface area contributed by atoms with Crippen LogP contribution in [0.5, 0.6) is 5.75 Å². The molecule has 1 aromatic rings. The van der Waals surface area contributed by atoms with E-state index in [4.69, 9.17) is 15.3 Å². The van der Waals surface area contributed by atoms with Gasteiger partial charge in [-0.25, -0.2) is 4.39 Å². The van der Waals surface area contributed by atoms with Crippen LogP contribution in [0.4, 0.5) is 4.39 Å². The number of hydrogen-bond donors (Lipinski definition) is 2. The summed E-state index contributed by atoms with van der Waals surface area (Å²) in [5.41, 5.74) is 2.80. The number of hydrogen-bond acceptors (Lipinski definition) is 4. The Labute approximate surface area is 101 Å². The quantitative estimate of drug-likeness (QED) is 0.610. The molecule has 17 heavy (non-hydrogen) atoms.